The Balaban J connectivity index is 1.42. The van der Waals surface area contributed by atoms with E-state index in [4.69, 9.17) is 37.4 Å². The van der Waals surface area contributed by atoms with E-state index in [0.29, 0.717) is 60.8 Å². The summed E-state index contributed by atoms with van der Waals surface area (Å²) >= 11 is 12.0. The maximum Gasteiger partial charge on any atom is 0.220 e. The number of fused-ring (bicyclic) bond motifs is 1. The number of carbonyl (C=O) groups excluding carboxylic acids is 1. The van der Waals surface area contributed by atoms with Gasteiger partial charge in [0, 0.05) is 18.5 Å². The second kappa shape index (κ2) is 9.01. The maximum absolute atomic E-state index is 12.0. The molecule has 26 heavy (non-hydrogen) atoms. The molecule has 1 heterocycles. The van der Waals surface area contributed by atoms with Gasteiger partial charge in [0.2, 0.25) is 5.91 Å². The van der Waals surface area contributed by atoms with Crippen molar-refractivity contribution in [1.82, 2.24) is 5.32 Å². The second-order valence-corrected chi connectivity index (χ2v) is 6.51. The Bertz CT molecular complexity index is 782. The van der Waals surface area contributed by atoms with E-state index in [0.717, 1.165) is 11.3 Å². The molecule has 7 heteroatoms. The highest BCUT2D eigenvalue weighted by atomic mass is 35.5. The van der Waals surface area contributed by atoms with Crippen molar-refractivity contribution < 1.29 is 19.0 Å². The fourth-order valence-corrected chi connectivity index (χ4v) is 2.91. The molecule has 2 aromatic rings. The first-order valence-electron chi connectivity index (χ1n) is 8.36. The summed E-state index contributed by atoms with van der Waals surface area (Å²) in [7, 11) is 0. The number of amides is 1. The lowest BCUT2D eigenvalue weighted by molar-refractivity contribution is -0.121. The van der Waals surface area contributed by atoms with E-state index in [9.17, 15) is 4.79 Å². The quantitative estimate of drug-likeness (QED) is 0.712. The third kappa shape index (κ3) is 4.74. The summed E-state index contributed by atoms with van der Waals surface area (Å²) in [6.45, 7) is 1.83. The van der Waals surface area contributed by atoms with Gasteiger partial charge in [-0.05, 0) is 24.6 Å². The van der Waals surface area contributed by atoms with Crippen LogP contribution in [-0.4, -0.2) is 25.7 Å². The molecule has 0 spiro atoms. The van der Waals surface area contributed by atoms with Crippen LogP contribution in [0.4, 0.5) is 0 Å². The Hall–Kier alpha value is -2.11. The number of ether oxygens (including phenoxy) is 3. The molecule has 0 fully saturated rings. The molecule has 2 aromatic carbocycles. The molecule has 138 valence electrons. The van der Waals surface area contributed by atoms with Gasteiger partial charge in [-0.2, -0.15) is 0 Å². The summed E-state index contributed by atoms with van der Waals surface area (Å²) in [4.78, 5) is 12.0. The maximum atomic E-state index is 12.0. The zero-order valence-corrected chi connectivity index (χ0v) is 15.6. The minimum Gasteiger partial charge on any atom is -0.492 e. The van der Waals surface area contributed by atoms with E-state index in [1.807, 2.05) is 18.2 Å². The Morgan fingerprint density at radius 3 is 2.81 bits per heavy atom. The van der Waals surface area contributed by atoms with Gasteiger partial charge in [0.25, 0.3) is 0 Å². The molecule has 0 aromatic heterocycles. The highest BCUT2D eigenvalue weighted by Crippen LogP contribution is 2.33. The summed E-state index contributed by atoms with van der Waals surface area (Å²) in [5.74, 6) is 1.89. The molecular weight excluding hydrogens is 377 g/mol. The van der Waals surface area contributed by atoms with Gasteiger partial charge >= 0.3 is 0 Å². The fourth-order valence-electron chi connectivity index (χ4n) is 2.57. The van der Waals surface area contributed by atoms with E-state index in [2.05, 4.69) is 5.32 Å². The molecule has 1 aliphatic heterocycles. The van der Waals surface area contributed by atoms with Crippen LogP contribution < -0.4 is 19.5 Å². The number of hydrogen-bond acceptors (Lipinski definition) is 4. The monoisotopic (exact) mass is 395 g/mol. The number of benzene rings is 2. The fraction of sp³-hybridized carbons (Fsp3) is 0.316. The lowest BCUT2D eigenvalue weighted by atomic mass is 10.1. The van der Waals surface area contributed by atoms with Crippen LogP contribution in [0.2, 0.25) is 10.0 Å². The molecule has 0 unspecified atom stereocenters. The van der Waals surface area contributed by atoms with Gasteiger partial charge in [0.05, 0.1) is 11.6 Å². The van der Waals surface area contributed by atoms with Crippen LogP contribution in [0, 0.1) is 0 Å². The van der Waals surface area contributed by atoms with Crippen LogP contribution in [0.5, 0.6) is 17.2 Å². The number of rotatable bonds is 7. The lowest BCUT2D eigenvalue weighted by Gasteiger charge is -2.21. The minimum atomic E-state index is -0.0554. The zero-order valence-electron chi connectivity index (χ0n) is 14.1. The van der Waals surface area contributed by atoms with Crippen molar-refractivity contribution in [3.05, 3.63) is 52.0 Å². The third-order valence-corrected chi connectivity index (χ3v) is 4.65. The summed E-state index contributed by atoms with van der Waals surface area (Å²) < 4.78 is 16.7. The van der Waals surface area contributed by atoms with Crippen molar-refractivity contribution in [2.45, 2.75) is 19.4 Å². The molecule has 0 aliphatic carbocycles. The number of hydrogen-bond donors (Lipinski definition) is 1. The molecule has 1 aliphatic rings. The number of halogens is 2. The Kier molecular flexibility index (Phi) is 6.47. The van der Waals surface area contributed by atoms with Gasteiger partial charge in [-0.15, -0.1) is 0 Å². The van der Waals surface area contributed by atoms with Gasteiger partial charge in [0.1, 0.15) is 24.0 Å². The predicted octanol–water partition coefficient (Wildman–Crippen LogP) is 4.24. The normalized spacial score (nSPS) is 12.5. The average molecular weight is 396 g/mol. The standard InChI is InChI=1S/C19H19Cl2NO4/c20-14-5-2-6-15(18(14)21)24-9-3-8-17(23)22-12-13-4-1-7-16-19(13)26-11-10-25-16/h1-2,4-7H,3,8-12H2,(H,22,23). The van der Waals surface area contributed by atoms with E-state index < -0.39 is 0 Å². The molecule has 0 radical (unpaired) electrons. The lowest BCUT2D eigenvalue weighted by Crippen LogP contribution is -2.24. The molecule has 0 saturated heterocycles. The first kappa shape index (κ1) is 18.7. The summed E-state index contributed by atoms with van der Waals surface area (Å²) in [5, 5.41) is 3.72. The van der Waals surface area contributed by atoms with Gasteiger partial charge < -0.3 is 19.5 Å². The van der Waals surface area contributed by atoms with Crippen molar-refractivity contribution in [3.8, 4) is 17.2 Å². The molecular formula is C19H19Cl2NO4. The number of carbonyl (C=O) groups is 1. The van der Waals surface area contributed by atoms with Crippen LogP contribution >= 0.6 is 23.2 Å². The van der Waals surface area contributed by atoms with Crippen molar-refractivity contribution in [2.24, 2.45) is 0 Å². The highest BCUT2D eigenvalue weighted by Gasteiger charge is 2.15. The molecule has 1 amide bonds. The van der Waals surface area contributed by atoms with Crippen molar-refractivity contribution in [2.75, 3.05) is 19.8 Å². The van der Waals surface area contributed by atoms with Crippen molar-refractivity contribution in [1.29, 1.82) is 0 Å². The first-order valence-corrected chi connectivity index (χ1v) is 9.12. The smallest absolute Gasteiger partial charge is 0.220 e. The summed E-state index contributed by atoms with van der Waals surface area (Å²) in [5.41, 5.74) is 0.900. The van der Waals surface area contributed by atoms with Gasteiger partial charge in [-0.1, -0.05) is 41.4 Å². The topological polar surface area (TPSA) is 56.8 Å². The summed E-state index contributed by atoms with van der Waals surface area (Å²) in [6, 6.07) is 10.9. The van der Waals surface area contributed by atoms with Gasteiger partial charge in [0.15, 0.2) is 11.5 Å². The van der Waals surface area contributed by atoms with Crippen LogP contribution in [0.3, 0.4) is 0 Å². The van der Waals surface area contributed by atoms with Gasteiger partial charge in [-0.3, -0.25) is 4.79 Å². The molecule has 5 nitrogen and oxygen atoms in total. The Morgan fingerprint density at radius 2 is 1.92 bits per heavy atom. The van der Waals surface area contributed by atoms with Crippen molar-refractivity contribution in [3.63, 3.8) is 0 Å². The van der Waals surface area contributed by atoms with E-state index in [1.54, 1.807) is 18.2 Å². The molecule has 0 bridgehead atoms. The number of para-hydroxylation sites is 1. The van der Waals surface area contributed by atoms with Gasteiger partial charge in [-0.25, -0.2) is 0 Å². The van der Waals surface area contributed by atoms with Crippen LogP contribution in [0.15, 0.2) is 36.4 Å². The molecule has 0 atom stereocenters. The van der Waals surface area contributed by atoms with Crippen LogP contribution in [0.1, 0.15) is 18.4 Å². The third-order valence-electron chi connectivity index (χ3n) is 3.85. The SMILES string of the molecule is O=C(CCCOc1cccc(Cl)c1Cl)NCc1cccc2c1OCCO2. The van der Waals surface area contributed by atoms with E-state index >= 15 is 0 Å². The average Bonchev–Trinajstić information content (AvgIpc) is 2.66. The first-order chi connectivity index (χ1) is 12.6. The van der Waals surface area contributed by atoms with Crippen molar-refractivity contribution >= 4 is 29.1 Å². The second-order valence-electron chi connectivity index (χ2n) is 5.72. The predicted molar refractivity (Wildman–Crippen MR) is 100 cm³/mol. The Morgan fingerprint density at radius 1 is 1.12 bits per heavy atom. The summed E-state index contributed by atoms with van der Waals surface area (Å²) in [6.07, 6.45) is 0.922. The number of nitrogens with one attached hydrogen (secondary N) is 1. The molecule has 3 rings (SSSR count). The molecule has 0 saturated carbocycles. The largest absolute Gasteiger partial charge is 0.492 e. The van der Waals surface area contributed by atoms with Crippen LogP contribution in [-0.2, 0) is 11.3 Å². The highest BCUT2D eigenvalue weighted by molar-refractivity contribution is 6.42. The minimum absolute atomic E-state index is 0.0554. The van der Waals surface area contributed by atoms with Crippen LogP contribution in [0.25, 0.3) is 0 Å². The van der Waals surface area contributed by atoms with E-state index in [-0.39, 0.29) is 5.91 Å². The zero-order chi connectivity index (χ0) is 18.4. The molecule has 1 N–H and O–H groups in total. The Labute approximate surface area is 162 Å². The van der Waals surface area contributed by atoms with E-state index in [1.165, 1.54) is 0 Å².